The Morgan fingerprint density at radius 3 is 2.53 bits per heavy atom. The van der Waals surface area contributed by atoms with Crippen molar-refractivity contribution in [1.82, 2.24) is 0 Å². The Morgan fingerprint density at radius 2 is 1.94 bits per heavy atom. The van der Waals surface area contributed by atoms with Gasteiger partial charge in [0.1, 0.15) is 11.6 Å². The molecule has 0 atom stereocenters. The molecule has 0 saturated carbocycles. The minimum Gasteiger partial charge on any atom is -0.491 e. The molecule has 1 aliphatic rings. The maximum Gasteiger partial charge on any atom is 0.119 e. The van der Waals surface area contributed by atoms with E-state index in [1.807, 2.05) is 38.1 Å². The first kappa shape index (κ1) is 12.0. The van der Waals surface area contributed by atoms with Gasteiger partial charge in [-0.1, -0.05) is 0 Å². The van der Waals surface area contributed by atoms with E-state index < -0.39 is 0 Å². The summed E-state index contributed by atoms with van der Waals surface area (Å²) in [7, 11) is 0. The van der Waals surface area contributed by atoms with Gasteiger partial charge in [0.05, 0.1) is 6.10 Å². The third-order valence-corrected chi connectivity index (χ3v) is 2.64. The Labute approximate surface area is 103 Å². The number of benzene rings is 1. The second-order valence-corrected chi connectivity index (χ2v) is 4.60. The summed E-state index contributed by atoms with van der Waals surface area (Å²) < 4.78 is 5.60. The van der Waals surface area contributed by atoms with Gasteiger partial charge < -0.3 is 10.1 Å². The summed E-state index contributed by atoms with van der Waals surface area (Å²) in [4.78, 5) is 4.47. The number of nitrogens with one attached hydrogen (secondary N) is 1. The lowest BCUT2D eigenvalue weighted by Gasteiger charge is -2.14. The minimum atomic E-state index is 0.219. The highest BCUT2D eigenvalue weighted by Crippen LogP contribution is 2.18. The lowest BCUT2D eigenvalue weighted by molar-refractivity contribution is 0.242. The smallest absolute Gasteiger partial charge is 0.119 e. The van der Waals surface area contributed by atoms with Gasteiger partial charge in [0.15, 0.2) is 0 Å². The van der Waals surface area contributed by atoms with Crippen LogP contribution in [0.5, 0.6) is 5.75 Å². The van der Waals surface area contributed by atoms with E-state index >= 15 is 0 Å². The van der Waals surface area contributed by atoms with Crippen molar-refractivity contribution in [1.29, 1.82) is 0 Å². The fourth-order valence-corrected chi connectivity index (χ4v) is 1.85. The molecule has 0 saturated heterocycles. The van der Waals surface area contributed by atoms with Gasteiger partial charge in [0.2, 0.25) is 0 Å². The number of rotatable bonds is 3. The average Bonchev–Trinajstić information content (AvgIpc) is 2.32. The molecule has 1 aliphatic heterocycles. The lowest BCUT2D eigenvalue weighted by atomic mass is 10.2. The Kier molecular flexibility index (Phi) is 4.02. The number of hydrogen-bond acceptors (Lipinski definition) is 3. The Hall–Kier alpha value is -1.51. The minimum absolute atomic E-state index is 0.219. The monoisotopic (exact) mass is 232 g/mol. The van der Waals surface area contributed by atoms with Crippen LogP contribution in [0.4, 0.5) is 5.69 Å². The van der Waals surface area contributed by atoms with Gasteiger partial charge >= 0.3 is 0 Å². The molecule has 0 fully saturated rings. The molecule has 92 valence electrons. The molecular formula is C14H20N2O. The Balaban J connectivity index is 1.95. The normalized spacial score (nSPS) is 15.6. The van der Waals surface area contributed by atoms with E-state index in [-0.39, 0.29) is 6.10 Å². The van der Waals surface area contributed by atoms with E-state index in [4.69, 9.17) is 4.74 Å². The number of hydrogen-bond donors (Lipinski definition) is 1. The van der Waals surface area contributed by atoms with Crippen molar-refractivity contribution in [2.75, 3.05) is 11.9 Å². The fourth-order valence-electron chi connectivity index (χ4n) is 1.85. The van der Waals surface area contributed by atoms with E-state index in [9.17, 15) is 0 Å². The molecule has 3 heteroatoms. The van der Waals surface area contributed by atoms with E-state index in [2.05, 4.69) is 10.3 Å². The molecular weight excluding hydrogens is 212 g/mol. The van der Waals surface area contributed by atoms with Crippen molar-refractivity contribution in [3.8, 4) is 5.75 Å². The van der Waals surface area contributed by atoms with E-state index in [1.165, 1.54) is 12.8 Å². The third-order valence-electron chi connectivity index (χ3n) is 2.64. The summed E-state index contributed by atoms with van der Waals surface area (Å²) in [6.45, 7) is 5.02. The summed E-state index contributed by atoms with van der Waals surface area (Å²) in [5.41, 5.74) is 1.08. The Bertz CT molecular complexity index is 382. The van der Waals surface area contributed by atoms with Crippen LogP contribution in [-0.4, -0.2) is 18.5 Å². The van der Waals surface area contributed by atoms with Gasteiger partial charge in [-0.3, -0.25) is 4.99 Å². The molecule has 0 radical (unpaired) electrons. The van der Waals surface area contributed by atoms with Crippen LogP contribution in [0.15, 0.2) is 29.3 Å². The molecule has 0 amide bonds. The van der Waals surface area contributed by atoms with Crippen molar-refractivity contribution in [2.24, 2.45) is 4.99 Å². The van der Waals surface area contributed by atoms with Crippen LogP contribution in [0.1, 0.15) is 33.1 Å². The van der Waals surface area contributed by atoms with Crippen molar-refractivity contribution in [3.63, 3.8) is 0 Å². The van der Waals surface area contributed by atoms with Crippen LogP contribution >= 0.6 is 0 Å². The van der Waals surface area contributed by atoms with Crippen LogP contribution in [0.2, 0.25) is 0 Å². The predicted molar refractivity (Wildman–Crippen MR) is 72.0 cm³/mol. The van der Waals surface area contributed by atoms with Crippen LogP contribution in [-0.2, 0) is 0 Å². The highest BCUT2D eigenvalue weighted by atomic mass is 16.5. The number of amidine groups is 1. The predicted octanol–water partition coefficient (Wildman–Crippen LogP) is 3.47. The van der Waals surface area contributed by atoms with E-state index in [0.717, 1.165) is 30.2 Å². The summed E-state index contributed by atoms with van der Waals surface area (Å²) in [5.74, 6) is 2.02. The highest BCUT2D eigenvalue weighted by molar-refractivity contribution is 5.95. The molecule has 3 nitrogen and oxygen atoms in total. The lowest BCUT2D eigenvalue weighted by Crippen LogP contribution is -2.16. The molecule has 0 unspecified atom stereocenters. The first-order valence-electron chi connectivity index (χ1n) is 6.31. The summed E-state index contributed by atoms with van der Waals surface area (Å²) >= 11 is 0. The Morgan fingerprint density at radius 1 is 1.18 bits per heavy atom. The highest BCUT2D eigenvalue weighted by Gasteiger charge is 2.05. The van der Waals surface area contributed by atoms with Gasteiger partial charge in [-0.05, 0) is 51.0 Å². The molecule has 0 spiro atoms. The quantitative estimate of drug-likeness (QED) is 0.865. The SMILES string of the molecule is CC(C)Oc1ccc(NC2=NCCCC2)cc1. The zero-order chi connectivity index (χ0) is 12.1. The summed E-state index contributed by atoms with van der Waals surface area (Å²) in [6.07, 6.45) is 3.73. The molecule has 1 heterocycles. The topological polar surface area (TPSA) is 33.6 Å². The van der Waals surface area contributed by atoms with Crippen LogP contribution in [0, 0.1) is 0 Å². The van der Waals surface area contributed by atoms with Crippen LogP contribution < -0.4 is 10.1 Å². The van der Waals surface area contributed by atoms with Gasteiger partial charge in [-0.2, -0.15) is 0 Å². The standard InChI is InChI=1S/C14H20N2O/c1-11(2)17-13-8-6-12(7-9-13)16-14-5-3-4-10-15-14/h6-9,11H,3-5,10H2,1-2H3,(H,15,16). The van der Waals surface area contributed by atoms with Gasteiger partial charge in [-0.25, -0.2) is 0 Å². The van der Waals surface area contributed by atoms with Gasteiger partial charge in [0, 0.05) is 18.7 Å². The first-order chi connectivity index (χ1) is 8.24. The second kappa shape index (κ2) is 5.71. The van der Waals surface area contributed by atoms with Gasteiger partial charge in [0.25, 0.3) is 0 Å². The largest absolute Gasteiger partial charge is 0.491 e. The van der Waals surface area contributed by atoms with Crippen LogP contribution in [0.25, 0.3) is 0 Å². The molecule has 17 heavy (non-hydrogen) atoms. The number of nitrogens with zero attached hydrogens (tertiary/aromatic N) is 1. The van der Waals surface area contributed by atoms with Crippen molar-refractivity contribution in [3.05, 3.63) is 24.3 Å². The van der Waals surface area contributed by atoms with Crippen molar-refractivity contribution < 1.29 is 4.74 Å². The molecule has 0 bridgehead atoms. The molecule has 1 aromatic rings. The molecule has 2 rings (SSSR count). The number of anilines is 1. The summed E-state index contributed by atoms with van der Waals surface area (Å²) in [6, 6.07) is 8.06. The zero-order valence-electron chi connectivity index (χ0n) is 10.6. The van der Waals surface area contributed by atoms with Crippen LogP contribution in [0.3, 0.4) is 0 Å². The molecule has 1 N–H and O–H groups in total. The number of ether oxygens (including phenoxy) is 1. The summed E-state index contributed by atoms with van der Waals surface area (Å²) in [5, 5.41) is 3.36. The molecule has 0 aromatic heterocycles. The van der Waals surface area contributed by atoms with Crippen molar-refractivity contribution >= 4 is 11.5 Å². The number of aliphatic imine (C=N–C) groups is 1. The van der Waals surface area contributed by atoms with E-state index in [1.54, 1.807) is 0 Å². The van der Waals surface area contributed by atoms with Gasteiger partial charge in [-0.15, -0.1) is 0 Å². The van der Waals surface area contributed by atoms with E-state index in [0.29, 0.717) is 0 Å². The van der Waals surface area contributed by atoms with Crippen molar-refractivity contribution in [2.45, 2.75) is 39.2 Å². The second-order valence-electron chi connectivity index (χ2n) is 4.60. The molecule has 0 aliphatic carbocycles. The zero-order valence-corrected chi connectivity index (χ0v) is 10.6. The maximum atomic E-state index is 5.60. The average molecular weight is 232 g/mol. The fraction of sp³-hybridized carbons (Fsp3) is 0.500. The maximum absolute atomic E-state index is 5.60. The molecule has 1 aromatic carbocycles. The third kappa shape index (κ3) is 3.77. The first-order valence-corrected chi connectivity index (χ1v) is 6.31.